The Morgan fingerprint density at radius 1 is 1.13 bits per heavy atom. The number of para-hydroxylation sites is 1. The molecule has 2 N–H and O–H groups in total. The van der Waals surface area contributed by atoms with Gasteiger partial charge in [0.25, 0.3) is 0 Å². The molecule has 0 spiro atoms. The minimum absolute atomic E-state index is 0. The summed E-state index contributed by atoms with van der Waals surface area (Å²) in [6, 6.07) is 9.99. The Bertz CT molecular complexity index is 841. The molecule has 10 heteroatoms. The number of benzene rings is 1. The van der Waals surface area contributed by atoms with Crippen molar-refractivity contribution in [1.82, 2.24) is 15.6 Å². The first kappa shape index (κ1) is 24.0. The Balaban J connectivity index is 0.00000320. The Kier molecular flexibility index (Phi) is 9.00. The predicted octanol–water partition coefficient (Wildman–Crippen LogP) is 4.06. The minimum Gasteiger partial charge on any atom is -0.405 e. The van der Waals surface area contributed by atoms with Crippen LogP contribution < -0.4 is 20.3 Å². The maximum atomic E-state index is 12.6. The van der Waals surface area contributed by atoms with Crippen molar-refractivity contribution in [2.75, 3.05) is 25.0 Å². The second-order valence-electron chi connectivity index (χ2n) is 6.65. The van der Waals surface area contributed by atoms with Crippen molar-refractivity contribution >= 4 is 35.8 Å². The number of hydrogen-bond acceptors (Lipinski definition) is 4. The molecule has 1 saturated heterocycles. The van der Waals surface area contributed by atoms with Crippen LogP contribution >= 0.6 is 24.0 Å². The average Bonchev–Trinajstić information content (AvgIpc) is 3.23. The second kappa shape index (κ2) is 11.2. The van der Waals surface area contributed by atoms with Crippen molar-refractivity contribution < 1.29 is 17.9 Å². The summed E-state index contributed by atoms with van der Waals surface area (Å²) in [5, 5.41) is 6.19. The highest BCUT2D eigenvalue weighted by atomic mass is 127. The van der Waals surface area contributed by atoms with Gasteiger partial charge in [0.15, 0.2) is 5.96 Å². The van der Waals surface area contributed by atoms with Crippen LogP contribution in [-0.2, 0) is 13.1 Å². The maximum absolute atomic E-state index is 12.6. The zero-order valence-corrected chi connectivity index (χ0v) is 18.9. The molecule has 3 rings (SSSR count). The van der Waals surface area contributed by atoms with Gasteiger partial charge in [-0.1, -0.05) is 18.2 Å². The summed E-state index contributed by atoms with van der Waals surface area (Å²) in [5.74, 6) is 1.21. The van der Waals surface area contributed by atoms with Gasteiger partial charge in [0.2, 0.25) is 0 Å². The normalized spacial score (nSPS) is 14.3. The molecule has 0 bridgehead atoms. The van der Waals surface area contributed by atoms with Crippen LogP contribution in [0.3, 0.4) is 0 Å². The third kappa shape index (κ3) is 7.22. The fourth-order valence-electron chi connectivity index (χ4n) is 3.15. The van der Waals surface area contributed by atoms with Crippen molar-refractivity contribution in [3.63, 3.8) is 0 Å². The van der Waals surface area contributed by atoms with Crippen LogP contribution in [0, 0.1) is 0 Å². The van der Waals surface area contributed by atoms with Crippen LogP contribution in [0.25, 0.3) is 0 Å². The van der Waals surface area contributed by atoms with E-state index in [2.05, 4.69) is 30.2 Å². The van der Waals surface area contributed by atoms with Gasteiger partial charge in [-0.2, -0.15) is 0 Å². The molecule has 0 atom stereocenters. The van der Waals surface area contributed by atoms with E-state index >= 15 is 0 Å². The summed E-state index contributed by atoms with van der Waals surface area (Å²) in [5.41, 5.74) is 1.43. The van der Waals surface area contributed by atoms with Crippen LogP contribution in [0.2, 0.25) is 0 Å². The monoisotopic (exact) mass is 535 g/mol. The zero-order valence-electron chi connectivity index (χ0n) is 16.6. The summed E-state index contributed by atoms with van der Waals surface area (Å²) >= 11 is 0. The van der Waals surface area contributed by atoms with E-state index in [1.807, 2.05) is 12.1 Å². The molecule has 164 valence electrons. The number of hydrogen-bond donors (Lipinski definition) is 2. The van der Waals surface area contributed by atoms with Gasteiger partial charge in [-0.15, -0.1) is 37.1 Å². The number of anilines is 1. The van der Waals surface area contributed by atoms with E-state index in [-0.39, 0.29) is 36.3 Å². The molecular formula is C20H25F3IN5O. The third-order valence-electron chi connectivity index (χ3n) is 4.57. The average molecular weight is 535 g/mol. The van der Waals surface area contributed by atoms with E-state index in [0.717, 1.165) is 24.5 Å². The van der Waals surface area contributed by atoms with Crippen molar-refractivity contribution in [1.29, 1.82) is 0 Å². The summed E-state index contributed by atoms with van der Waals surface area (Å²) < 4.78 is 41.7. The summed E-state index contributed by atoms with van der Waals surface area (Å²) in [7, 11) is 1.61. The van der Waals surface area contributed by atoms with Crippen LogP contribution in [0.5, 0.6) is 5.75 Å². The lowest BCUT2D eigenvalue weighted by molar-refractivity contribution is -0.274. The standard InChI is InChI=1S/C20H24F3N5O.HI/c1-24-19(27-14-16-6-2-3-7-17(16)29-20(21,22)23)26-13-15-8-9-25-18(12-15)28-10-4-5-11-28;/h2-3,6-9,12H,4-5,10-11,13-14H2,1H3,(H2,24,26,27);1H. The number of ether oxygens (including phenoxy) is 1. The molecule has 30 heavy (non-hydrogen) atoms. The maximum Gasteiger partial charge on any atom is 0.573 e. The lowest BCUT2D eigenvalue weighted by atomic mass is 10.2. The SMILES string of the molecule is CN=C(NCc1ccnc(N2CCCC2)c1)NCc1ccccc1OC(F)(F)F.I. The van der Waals surface area contributed by atoms with Crippen LogP contribution in [0.15, 0.2) is 47.6 Å². The smallest absolute Gasteiger partial charge is 0.405 e. The fourth-order valence-corrected chi connectivity index (χ4v) is 3.15. The number of aromatic nitrogens is 1. The van der Waals surface area contributed by atoms with Gasteiger partial charge >= 0.3 is 6.36 Å². The number of halogens is 4. The summed E-state index contributed by atoms with van der Waals surface area (Å²) in [4.78, 5) is 10.8. The van der Waals surface area contributed by atoms with Crippen molar-refractivity contribution in [2.24, 2.45) is 4.99 Å². The largest absolute Gasteiger partial charge is 0.573 e. The highest BCUT2D eigenvalue weighted by molar-refractivity contribution is 14.0. The number of guanidine groups is 1. The van der Waals surface area contributed by atoms with Crippen molar-refractivity contribution in [2.45, 2.75) is 32.3 Å². The van der Waals surface area contributed by atoms with Gasteiger partial charge in [0.1, 0.15) is 11.6 Å². The van der Waals surface area contributed by atoms with Crippen LogP contribution in [0.4, 0.5) is 19.0 Å². The first-order valence-electron chi connectivity index (χ1n) is 9.42. The van der Waals surface area contributed by atoms with Crippen LogP contribution in [0.1, 0.15) is 24.0 Å². The minimum atomic E-state index is -4.73. The Hall–Kier alpha value is -2.24. The molecule has 0 unspecified atom stereocenters. The highest BCUT2D eigenvalue weighted by Crippen LogP contribution is 2.26. The number of nitrogens with zero attached hydrogens (tertiary/aromatic N) is 3. The molecule has 1 aromatic carbocycles. The van der Waals surface area contributed by atoms with Crippen LogP contribution in [-0.4, -0.2) is 37.4 Å². The van der Waals surface area contributed by atoms with Gasteiger partial charge in [-0.25, -0.2) is 4.98 Å². The lowest BCUT2D eigenvalue weighted by Gasteiger charge is -2.18. The van der Waals surface area contributed by atoms with E-state index in [9.17, 15) is 13.2 Å². The van der Waals surface area contributed by atoms with E-state index < -0.39 is 6.36 Å². The number of nitrogens with one attached hydrogen (secondary N) is 2. The molecule has 2 heterocycles. The van der Waals surface area contributed by atoms with E-state index in [0.29, 0.717) is 18.1 Å². The van der Waals surface area contributed by atoms with Gasteiger partial charge < -0.3 is 20.3 Å². The van der Waals surface area contributed by atoms with Crippen molar-refractivity contribution in [3.05, 3.63) is 53.7 Å². The highest BCUT2D eigenvalue weighted by Gasteiger charge is 2.31. The number of aliphatic imine (C=N–C) groups is 1. The summed E-state index contributed by atoms with van der Waals surface area (Å²) in [6.07, 6.45) is -0.587. The zero-order chi connectivity index (χ0) is 20.7. The van der Waals surface area contributed by atoms with Crippen molar-refractivity contribution in [3.8, 4) is 5.75 Å². The van der Waals surface area contributed by atoms with Gasteiger partial charge in [-0.3, -0.25) is 4.99 Å². The first-order chi connectivity index (χ1) is 13.9. The molecule has 2 aromatic rings. The lowest BCUT2D eigenvalue weighted by Crippen LogP contribution is -2.36. The van der Waals surface area contributed by atoms with Gasteiger partial charge in [-0.05, 0) is 36.6 Å². The molecule has 0 aliphatic carbocycles. The molecule has 0 saturated carbocycles. The molecule has 0 amide bonds. The molecule has 1 aromatic heterocycles. The number of alkyl halides is 3. The number of rotatable bonds is 6. The first-order valence-corrected chi connectivity index (χ1v) is 9.42. The van der Waals surface area contributed by atoms with Gasteiger partial charge in [0, 0.05) is 45.0 Å². The topological polar surface area (TPSA) is 61.8 Å². The molecular weight excluding hydrogens is 510 g/mol. The third-order valence-corrected chi connectivity index (χ3v) is 4.57. The molecule has 6 nitrogen and oxygen atoms in total. The molecule has 1 aliphatic heterocycles. The molecule has 1 aliphatic rings. The molecule has 1 fully saturated rings. The summed E-state index contributed by atoms with van der Waals surface area (Å²) in [6.45, 7) is 2.70. The Labute approximate surface area is 190 Å². The van der Waals surface area contributed by atoms with E-state index in [1.165, 1.54) is 25.0 Å². The Morgan fingerprint density at radius 2 is 1.83 bits per heavy atom. The Morgan fingerprint density at radius 3 is 2.53 bits per heavy atom. The van der Waals surface area contributed by atoms with E-state index in [1.54, 1.807) is 25.4 Å². The second-order valence-corrected chi connectivity index (χ2v) is 6.65. The fraction of sp³-hybridized carbons (Fsp3) is 0.400. The quantitative estimate of drug-likeness (QED) is 0.332. The van der Waals surface area contributed by atoms with Gasteiger partial charge in [0.05, 0.1) is 0 Å². The molecule has 0 radical (unpaired) electrons. The predicted molar refractivity (Wildman–Crippen MR) is 121 cm³/mol. The van der Waals surface area contributed by atoms with E-state index in [4.69, 9.17) is 0 Å². The number of pyridine rings is 1.